The monoisotopic (exact) mass is 682 g/mol. The van der Waals surface area contributed by atoms with Gasteiger partial charge in [0.25, 0.3) is 11.8 Å². The van der Waals surface area contributed by atoms with Gasteiger partial charge in [-0.3, -0.25) is 24.2 Å². The summed E-state index contributed by atoms with van der Waals surface area (Å²) in [4.78, 5) is 80.7. The minimum atomic E-state index is -4.99. The molecule has 1 fully saturated rings. The number of aryl methyl sites for hydroxylation is 1. The number of phosphoric ester groups is 1. The van der Waals surface area contributed by atoms with Crippen LogP contribution in [0, 0.1) is 0 Å². The number of fused-ring (bicyclic) bond motifs is 3. The molecule has 1 aliphatic rings. The molecule has 17 heteroatoms. The first-order valence-corrected chi connectivity index (χ1v) is 16.8. The van der Waals surface area contributed by atoms with Crippen LogP contribution in [0.1, 0.15) is 68.8 Å². The molecule has 1 aliphatic heterocycles. The molecule has 0 spiro atoms. The predicted octanol–water partition coefficient (Wildman–Crippen LogP) is 3.13. The van der Waals surface area contributed by atoms with E-state index in [0.29, 0.717) is 44.8 Å². The van der Waals surface area contributed by atoms with E-state index in [9.17, 15) is 38.6 Å². The molecule has 2 aromatic carbocycles. The number of imidazole rings is 1. The molecule has 0 saturated carbocycles. The zero-order valence-corrected chi connectivity index (χ0v) is 26.9. The molecule has 0 aliphatic carbocycles. The highest BCUT2D eigenvalue weighted by Crippen LogP contribution is 2.44. The van der Waals surface area contributed by atoms with Gasteiger partial charge in [0, 0.05) is 49.6 Å². The average Bonchev–Trinajstić information content (AvgIpc) is 3.55. The number of hydrogen-bond donors (Lipinski definition) is 5. The first-order chi connectivity index (χ1) is 22.8. The Balaban J connectivity index is 1.34. The van der Waals surface area contributed by atoms with Gasteiger partial charge in [-0.25, -0.2) is 19.3 Å². The number of unbranched alkanes of at least 4 members (excludes halogenated alkanes) is 1. The summed E-state index contributed by atoms with van der Waals surface area (Å²) in [6, 6.07) is 9.80. The number of aromatic nitrogens is 3. The first kappa shape index (κ1) is 34.3. The zero-order chi connectivity index (χ0) is 34.6. The normalized spacial score (nSPS) is 13.4. The van der Waals surface area contributed by atoms with Crippen molar-refractivity contribution in [3.8, 4) is 11.5 Å². The number of nitrogen functional groups attached to an aromatic ring is 1. The molecule has 4 aromatic rings. The fraction of sp³-hybridized carbons (Fsp3) is 0.355. The summed E-state index contributed by atoms with van der Waals surface area (Å²) < 4.78 is 18.4. The number of phenols is 1. The number of hydrogen-bond acceptors (Lipinski definition) is 11. The SMILES string of the molecule is CCCCc1nc2c(N)nc3cc(CNC(=O)CCCC(=O)ON4C(=O)CCC4=O)ccc3c2n1Cc1cccc(O)c1OP(=O)(O)O. The molecular weight excluding hydrogens is 647 g/mol. The Morgan fingerprint density at radius 2 is 1.81 bits per heavy atom. The molecule has 5 rings (SSSR count). The molecule has 3 amide bonds. The number of rotatable bonds is 14. The van der Waals surface area contributed by atoms with Gasteiger partial charge in [-0.2, -0.15) is 0 Å². The number of phenolic OH excluding ortho intramolecular Hbond substituents is 1. The second-order valence-corrected chi connectivity index (χ2v) is 12.4. The Morgan fingerprint density at radius 1 is 1.06 bits per heavy atom. The maximum Gasteiger partial charge on any atom is 0.524 e. The summed E-state index contributed by atoms with van der Waals surface area (Å²) in [7, 11) is -4.99. The third kappa shape index (κ3) is 7.90. The second-order valence-electron chi connectivity index (χ2n) is 11.3. The minimum absolute atomic E-state index is 0.00290. The highest BCUT2D eigenvalue weighted by atomic mass is 31.2. The van der Waals surface area contributed by atoms with Gasteiger partial charge in [0.2, 0.25) is 5.91 Å². The van der Waals surface area contributed by atoms with E-state index >= 15 is 0 Å². The Hall–Kier alpha value is -5.05. The third-order valence-electron chi connectivity index (χ3n) is 7.69. The number of aromatic hydroxyl groups is 1. The molecule has 0 atom stereocenters. The van der Waals surface area contributed by atoms with Gasteiger partial charge in [-0.15, -0.1) is 5.06 Å². The molecule has 1 saturated heterocycles. The Bertz CT molecular complexity index is 1940. The van der Waals surface area contributed by atoms with Crippen molar-refractivity contribution in [2.45, 2.75) is 71.4 Å². The smallest absolute Gasteiger partial charge is 0.504 e. The van der Waals surface area contributed by atoms with Crippen molar-refractivity contribution >= 4 is 59.3 Å². The van der Waals surface area contributed by atoms with E-state index in [2.05, 4.69) is 10.3 Å². The number of carbonyl (C=O) groups is 4. The zero-order valence-electron chi connectivity index (χ0n) is 26.0. The summed E-state index contributed by atoms with van der Waals surface area (Å²) in [5, 5.41) is 14.3. The maximum absolute atomic E-state index is 12.5. The molecule has 0 bridgehead atoms. The van der Waals surface area contributed by atoms with Crippen LogP contribution in [0.5, 0.6) is 11.5 Å². The standard InChI is InChI=1S/C31H35N6O10P/c1-2-3-8-23-35-28-29(36(23)17-19-6-4-7-22(38)30(19)47-48(43,44)45)20-12-11-18(15-21(20)34-31(28)32)16-33-24(39)9-5-10-27(42)46-37-25(40)13-14-26(37)41/h4,6-7,11-12,15,38H,2-3,5,8-10,13-14,16-17H2,1H3,(H2,32,34)(H,33,39)(H2,43,44,45). The fourth-order valence-corrected chi connectivity index (χ4v) is 5.84. The van der Waals surface area contributed by atoms with Crippen molar-refractivity contribution in [2.24, 2.45) is 0 Å². The van der Waals surface area contributed by atoms with Gasteiger partial charge in [-0.1, -0.05) is 37.6 Å². The van der Waals surface area contributed by atoms with Gasteiger partial charge >= 0.3 is 13.8 Å². The van der Waals surface area contributed by atoms with Crippen LogP contribution in [0.2, 0.25) is 0 Å². The van der Waals surface area contributed by atoms with Crippen molar-refractivity contribution < 1.29 is 48.0 Å². The van der Waals surface area contributed by atoms with E-state index in [0.717, 1.165) is 18.4 Å². The molecule has 48 heavy (non-hydrogen) atoms. The summed E-state index contributed by atoms with van der Waals surface area (Å²) in [6.45, 7) is 2.24. The lowest BCUT2D eigenvalue weighted by molar-refractivity contribution is -0.197. The molecule has 0 unspecified atom stereocenters. The molecule has 254 valence electrons. The number of nitrogens with zero attached hydrogens (tertiary/aromatic N) is 4. The lowest BCUT2D eigenvalue weighted by Gasteiger charge is -2.16. The minimum Gasteiger partial charge on any atom is -0.504 e. The van der Waals surface area contributed by atoms with Crippen LogP contribution < -0.4 is 15.6 Å². The number of para-hydroxylation sites is 1. The summed E-state index contributed by atoms with van der Waals surface area (Å²) in [5.41, 5.74) is 9.01. The van der Waals surface area contributed by atoms with Gasteiger partial charge in [-0.05, 0) is 30.5 Å². The van der Waals surface area contributed by atoms with E-state index in [4.69, 9.17) is 20.1 Å². The quantitative estimate of drug-likeness (QED) is 0.0951. The molecule has 16 nitrogen and oxygen atoms in total. The molecule has 0 radical (unpaired) electrons. The number of benzene rings is 2. The van der Waals surface area contributed by atoms with Crippen molar-refractivity contribution in [3.63, 3.8) is 0 Å². The number of hydroxylamine groups is 2. The number of nitrogens with one attached hydrogen (secondary N) is 1. The lowest BCUT2D eigenvalue weighted by Crippen LogP contribution is -2.32. The van der Waals surface area contributed by atoms with Crippen molar-refractivity contribution in [3.05, 3.63) is 53.3 Å². The van der Waals surface area contributed by atoms with Crippen molar-refractivity contribution in [1.29, 1.82) is 0 Å². The van der Waals surface area contributed by atoms with Crippen LogP contribution in [-0.2, 0) is 48.1 Å². The second kappa shape index (κ2) is 14.4. The number of anilines is 1. The molecule has 2 aromatic heterocycles. The Kier molecular flexibility index (Phi) is 10.3. The van der Waals surface area contributed by atoms with Crippen LogP contribution in [-0.4, -0.2) is 58.2 Å². The number of nitrogens with two attached hydrogens (primary N) is 1. The lowest BCUT2D eigenvalue weighted by atomic mass is 10.1. The average molecular weight is 683 g/mol. The van der Waals surface area contributed by atoms with Gasteiger partial charge < -0.3 is 30.1 Å². The van der Waals surface area contributed by atoms with E-state index < -0.39 is 31.4 Å². The Morgan fingerprint density at radius 3 is 2.52 bits per heavy atom. The maximum atomic E-state index is 12.5. The van der Waals surface area contributed by atoms with Crippen LogP contribution in [0.15, 0.2) is 36.4 Å². The van der Waals surface area contributed by atoms with E-state index in [1.807, 2.05) is 17.6 Å². The van der Waals surface area contributed by atoms with Crippen molar-refractivity contribution in [2.75, 3.05) is 5.73 Å². The highest BCUT2D eigenvalue weighted by molar-refractivity contribution is 7.46. The van der Waals surface area contributed by atoms with Gasteiger partial charge in [0.1, 0.15) is 11.3 Å². The van der Waals surface area contributed by atoms with E-state index in [1.165, 1.54) is 6.07 Å². The number of imide groups is 1. The van der Waals surface area contributed by atoms with Gasteiger partial charge in [0.05, 0.1) is 17.6 Å². The van der Waals surface area contributed by atoms with E-state index in [1.54, 1.807) is 24.3 Å². The molecule has 6 N–H and O–H groups in total. The summed E-state index contributed by atoms with van der Waals surface area (Å²) in [6.07, 6.45) is 2.28. The third-order valence-corrected chi connectivity index (χ3v) is 8.11. The predicted molar refractivity (Wildman–Crippen MR) is 171 cm³/mol. The largest absolute Gasteiger partial charge is 0.524 e. The number of amides is 3. The topological polar surface area (TPSA) is 236 Å². The highest BCUT2D eigenvalue weighted by Gasteiger charge is 2.32. The fourth-order valence-electron chi connectivity index (χ4n) is 5.39. The molecule has 3 heterocycles. The van der Waals surface area contributed by atoms with Gasteiger partial charge in [0.15, 0.2) is 17.3 Å². The van der Waals surface area contributed by atoms with E-state index in [-0.39, 0.29) is 62.7 Å². The summed E-state index contributed by atoms with van der Waals surface area (Å²) in [5.74, 6) is -2.18. The van der Waals surface area contributed by atoms with Crippen LogP contribution >= 0.6 is 7.82 Å². The molecular formula is C31H35N6O10P. The van der Waals surface area contributed by atoms with Crippen LogP contribution in [0.4, 0.5) is 5.82 Å². The number of pyridine rings is 1. The van der Waals surface area contributed by atoms with Crippen molar-refractivity contribution in [1.82, 2.24) is 24.9 Å². The number of phosphoric acid groups is 1. The first-order valence-electron chi connectivity index (χ1n) is 15.3. The van der Waals surface area contributed by atoms with Crippen LogP contribution in [0.3, 0.4) is 0 Å². The summed E-state index contributed by atoms with van der Waals surface area (Å²) >= 11 is 0. The number of carbonyl (C=O) groups excluding carboxylic acids is 4. The Labute approximate surface area is 274 Å². The van der Waals surface area contributed by atoms with Crippen LogP contribution in [0.25, 0.3) is 21.9 Å².